The Labute approximate surface area is 131 Å². The van der Waals surface area contributed by atoms with Crippen molar-refractivity contribution < 1.29 is 4.79 Å². The van der Waals surface area contributed by atoms with Crippen molar-refractivity contribution in [1.29, 1.82) is 0 Å². The predicted octanol–water partition coefficient (Wildman–Crippen LogP) is 1.55. The van der Waals surface area contributed by atoms with Crippen molar-refractivity contribution in [3.63, 3.8) is 0 Å². The molecule has 0 unspecified atom stereocenters. The SMILES string of the molecule is O=C(Cn1nnnc1Cc1ccc(Br)cc1)NCC1CC1. The molecule has 0 saturated heterocycles. The fraction of sp³-hybridized carbons (Fsp3) is 0.429. The number of rotatable bonds is 6. The molecule has 1 fully saturated rings. The number of hydrogen-bond donors (Lipinski definition) is 1. The highest BCUT2D eigenvalue weighted by Gasteiger charge is 2.21. The lowest BCUT2D eigenvalue weighted by atomic mass is 10.1. The second-order valence-corrected chi connectivity index (χ2v) is 6.22. The highest BCUT2D eigenvalue weighted by molar-refractivity contribution is 9.10. The van der Waals surface area contributed by atoms with Gasteiger partial charge in [-0.25, -0.2) is 4.68 Å². The van der Waals surface area contributed by atoms with E-state index in [4.69, 9.17) is 0 Å². The van der Waals surface area contributed by atoms with Crippen LogP contribution in [0.25, 0.3) is 0 Å². The van der Waals surface area contributed by atoms with Crippen LogP contribution in [0.2, 0.25) is 0 Å². The number of nitrogens with one attached hydrogen (secondary N) is 1. The second kappa shape index (κ2) is 6.34. The molecule has 0 bridgehead atoms. The summed E-state index contributed by atoms with van der Waals surface area (Å²) in [6.07, 6.45) is 3.05. The van der Waals surface area contributed by atoms with Crippen LogP contribution in [0, 0.1) is 5.92 Å². The van der Waals surface area contributed by atoms with Gasteiger partial charge in [-0.1, -0.05) is 28.1 Å². The first kappa shape index (κ1) is 14.2. The van der Waals surface area contributed by atoms with Crippen molar-refractivity contribution in [3.05, 3.63) is 40.1 Å². The third-order valence-electron chi connectivity index (χ3n) is 3.46. The molecule has 1 heterocycles. The van der Waals surface area contributed by atoms with Gasteiger partial charge in [-0.05, 0) is 46.9 Å². The molecule has 6 nitrogen and oxygen atoms in total. The van der Waals surface area contributed by atoms with Crippen LogP contribution < -0.4 is 5.32 Å². The molecule has 1 saturated carbocycles. The molecule has 1 N–H and O–H groups in total. The summed E-state index contributed by atoms with van der Waals surface area (Å²) in [4.78, 5) is 11.9. The summed E-state index contributed by atoms with van der Waals surface area (Å²) < 4.78 is 2.59. The van der Waals surface area contributed by atoms with Gasteiger partial charge in [-0.15, -0.1) is 5.10 Å². The van der Waals surface area contributed by atoms with Gasteiger partial charge in [0.05, 0.1) is 0 Å². The summed E-state index contributed by atoms with van der Waals surface area (Å²) in [6.45, 7) is 0.939. The number of aromatic nitrogens is 4. The Morgan fingerprint density at radius 1 is 1.33 bits per heavy atom. The van der Waals surface area contributed by atoms with Gasteiger partial charge in [-0.3, -0.25) is 4.79 Å². The summed E-state index contributed by atoms with van der Waals surface area (Å²) >= 11 is 3.41. The van der Waals surface area contributed by atoms with E-state index in [1.165, 1.54) is 12.8 Å². The van der Waals surface area contributed by atoms with E-state index in [2.05, 4.69) is 36.8 Å². The standard InChI is InChI=1S/C14H16BrN5O/c15-12-5-3-10(4-6-12)7-13-17-18-19-20(13)9-14(21)16-8-11-1-2-11/h3-6,11H,1-2,7-9H2,(H,16,21). The van der Waals surface area contributed by atoms with Crippen LogP contribution in [0.1, 0.15) is 24.2 Å². The Balaban J connectivity index is 1.60. The van der Waals surface area contributed by atoms with Crippen LogP contribution in [0.5, 0.6) is 0 Å². The van der Waals surface area contributed by atoms with Crippen molar-refractivity contribution in [3.8, 4) is 0 Å². The largest absolute Gasteiger partial charge is 0.354 e. The Bertz CT molecular complexity index is 621. The predicted molar refractivity (Wildman–Crippen MR) is 80.5 cm³/mol. The Morgan fingerprint density at radius 3 is 2.81 bits per heavy atom. The van der Waals surface area contributed by atoms with Gasteiger partial charge in [0.15, 0.2) is 5.82 Å². The van der Waals surface area contributed by atoms with Crippen LogP contribution in [0.4, 0.5) is 0 Å². The zero-order chi connectivity index (χ0) is 14.7. The Kier molecular flexibility index (Phi) is 4.28. The van der Waals surface area contributed by atoms with Crippen molar-refractivity contribution in [2.45, 2.75) is 25.8 Å². The Hall–Kier alpha value is -1.76. The number of tetrazole rings is 1. The van der Waals surface area contributed by atoms with Crippen molar-refractivity contribution >= 4 is 21.8 Å². The molecule has 2 aromatic rings. The van der Waals surface area contributed by atoms with Gasteiger partial charge < -0.3 is 5.32 Å². The van der Waals surface area contributed by atoms with Crippen LogP contribution in [0.15, 0.2) is 28.7 Å². The van der Waals surface area contributed by atoms with E-state index in [0.717, 1.165) is 16.6 Å². The molecule has 3 rings (SSSR count). The molecule has 0 aliphatic heterocycles. The van der Waals surface area contributed by atoms with E-state index >= 15 is 0 Å². The molecule has 0 atom stereocenters. The average Bonchev–Trinajstić information content (AvgIpc) is 3.21. The molecular formula is C14H16BrN5O. The maximum absolute atomic E-state index is 11.9. The number of carbonyl (C=O) groups is 1. The van der Waals surface area contributed by atoms with Gasteiger partial charge in [0.25, 0.3) is 0 Å². The minimum atomic E-state index is -0.0359. The van der Waals surface area contributed by atoms with E-state index in [-0.39, 0.29) is 12.5 Å². The number of amides is 1. The summed E-state index contributed by atoms with van der Waals surface area (Å²) in [7, 11) is 0. The number of nitrogens with zero attached hydrogens (tertiary/aromatic N) is 4. The van der Waals surface area contributed by atoms with E-state index < -0.39 is 0 Å². The molecule has 0 radical (unpaired) electrons. The van der Waals surface area contributed by atoms with Gasteiger partial charge in [0.1, 0.15) is 6.54 Å². The molecule has 110 valence electrons. The topological polar surface area (TPSA) is 72.7 Å². The van der Waals surface area contributed by atoms with Gasteiger partial charge >= 0.3 is 0 Å². The monoisotopic (exact) mass is 349 g/mol. The lowest BCUT2D eigenvalue weighted by Gasteiger charge is -2.06. The minimum Gasteiger partial charge on any atom is -0.354 e. The van der Waals surface area contributed by atoms with Gasteiger partial charge in [0.2, 0.25) is 5.91 Å². The Morgan fingerprint density at radius 2 is 2.10 bits per heavy atom. The summed E-state index contributed by atoms with van der Waals surface area (Å²) in [6, 6.07) is 7.98. The third kappa shape index (κ3) is 4.10. The van der Waals surface area contributed by atoms with E-state index in [0.29, 0.717) is 18.2 Å². The average molecular weight is 350 g/mol. The lowest BCUT2D eigenvalue weighted by Crippen LogP contribution is -2.30. The number of hydrogen-bond acceptors (Lipinski definition) is 4. The van der Waals surface area contributed by atoms with Crippen molar-refractivity contribution in [1.82, 2.24) is 25.5 Å². The zero-order valence-corrected chi connectivity index (χ0v) is 13.1. The maximum Gasteiger partial charge on any atom is 0.241 e. The number of benzene rings is 1. The quantitative estimate of drug-likeness (QED) is 0.858. The fourth-order valence-electron chi connectivity index (χ4n) is 2.03. The molecule has 1 amide bonds. The highest BCUT2D eigenvalue weighted by atomic mass is 79.9. The molecule has 1 aromatic carbocycles. The number of carbonyl (C=O) groups excluding carboxylic acids is 1. The molecular weight excluding hydrogens is 334 g/mol. The van der Waals surface area contributed by atoms with E-state index in [1.54, 1.807) is 4.68 Å². The molecule has 7 heteroatoms. The van der Waals surface area contributed by atoms with Crippen LogP contribution in [0.3, 0.4) is 0 Å². The van der Waals surface area contributed by atoms with Gasteiger partial charge in [0, 0.05) is 17.4 Å². The summed E-state index contributed by atoms with van der Waals surface area (Å²) in [5, 5.41) is 14.5. The minimum absolute atomic E-state index is 0.0359. The first-order valence-electron chi connectivity index (χ1n) is 6.97. The van der Waals surface area contributed by atoms with Crippen LogP contribution in [-0.4, -0.2) is 32.7 Å². The zero-order valence-electron chi connectivity index (χ0n) is 11.5. The lowest BCUT2D eigenvalue weighted by molar-refractivity contribution is -0.121. The first-order valence-corrected chi connectivity index (χ1v) is 7.76. The summed E-state index contributed by atoms with van der Waals surface area (Å²) in [5.41, 5.74) is 1.10. The first-order chi connectivity index (χ1) is 10.2. The third-order valence-corrected chi connectivity index (χ3v) is 3.99. The van der Waals surface area contributed by atoms with Crippen LogP contribution in [-0.2, 0) is 17.8 Å². The molecule has 21 heavy (non-hydrogen) atoms. The number of halogens is 1. The second-order valence-electron chi connectivity index (χ2n) is 5.30. The van der Waals surface area contributed by atoms with Crippen molar-refractivity contribution in [2.24, 2.45) is 5.92 Å². The van der Waals surface area contributed by atoms with Crippen molar-refractivity contribution in [2.75, 3.05) is 6.54 Å². The molecule has 0 spiro atoms. The van der Waals surface area contributed by atoms with E-state index in [1.807, 2.05) is 24.3 Å². The highest BCUT2D eigenvalue weighted by Crippen LogP contribution is 2.27. The van der Waals surface area contributed by atoms with Crippen LogP contribution >= 0.6 is 15.9 Å². The van der Waals surface area contributed by atoms with E-state index in [9.17, 15) is 4.79 Å². The molecule has 1 aliphatic carbocycles. The maximum atomic E-state index is 11.9. The normalized spacial score (nSPS) is 14.1. The molecule has 1 aromatic heterocycles. The van der Waals surface area contributed by atoms with Gasteiger partial charge in [-0.2, -0.15) is 0 Å². The molecule has 1 aliphatic rings. The summed E-state index contributed by atoms with van der Waals surface area (Å²) in [5.74, 6) is 1.33. The smallest absolute Gasteiger partial charge is 0.241 e. The fourth-order valence-corrected chi connectivity index (χ4v) is 2.29.